The van der Waals surface area contributed by atoms with Gasteiger partial charge >= 0.3 is 0 Å². The number of amides is 1. The van der Waals surface area contributed by atoms with Crippen LogP contribution in [0.4, 0.5) is 5.69 Å². The lowest BCUT2D eigenvalue weighted by atomic mass is 9.99. The zero-order valence-corrected chi connectivity index (χ0v) is 18.3. The molecule has 1 aliphatic rings. The SMILES string of the molecule is O=C(Nc1ccc(Cl)c(Cl)c1)[C@H]1CCCN(S(=O)(=O)c2cc(Cl)ccc2Cl)C1. The van der Waals surface area contributed by atoms with Gasteiger partial charge in [0.2, 0.25) is 15.9 Å². The molecule has 0 unspecified atom stereocenters. The lowest BCUT2D eigenvalue weighted by Gasteiger charge is -2.31. The van der Waals surface area contributed by atoms with Crippen LogP contribution in [0.25, 0.3) is 0 Å². The zero-order chi connectivity index (χ0) is 20.5. The molecular weight excluding hydrogens is 466 g/mol. The molecule has 1 atom stereocenters. The van der Waals surface area contributed by atoms with Crippen molar-refractivity contribution in [2.45, 2.75) is 17.7 Å². The molecule has 0 aliphatic carbocycles. The van der Waals surface area contributed by atoms with Crippen molar-refractivity contribution in [3.05, 3.63) is 56.5 Å². The van der Waals surface area contributed by atoms with E-state index in [0.29, 0.717) is 35.1 Å². The molecule has 1 N–H and O–H groups in total. The quantitative estimate of drug-likeness (QED) is 0.640. The van der Waals surface area contributed by atoms with Gasteiger partial charge in [0.1, 0.15) is 4.90 Å². The van der Waals surface area contributed by atoms with Gasteiger partial charge in [-0.1, -0.05) is 46.4 Å². The van der Waals surface area contributed by atoms with E-state index in [9.17, 15) is 13.2 Å². The van der Waals surface area contributed by atoms with Crippen molar-refractivity contribution in [2.24, 2.45) is 5.92 Å². The summed E-state index contributed by atoms with van der Waals surface area (Å²) in [6.07, 6.45) is 1.12. The minimum absolute atomic E-state index is 0.0539. The fourth-order valence-electron chi connectivity index (χ4n) is 3.01. The molecule has 1 aliphatic heterocycles. The van der Waals surface area contributed by atoms with Gasteiger partial charge in [0, 0.05) is 23.8 Å². The second-order valence-corrected chi connectivity index (χ2v) is 9.96. The number of anilines is 1. The number of halogens is 4. The molecule has 2 aromatic carbocycles. The van der Waals surface area contributed by atoms with E-state index in [1.165, 1.54) is 22.5 Å². The highest BCUT2D eigenvalue weighted by molar-refractivity contribution is 7.89. The number of carbonyl (C=O) groups is 1. The highest BCUT2D eigenvalue weighted by atomic mass is 35.5. The molecule has 5 nitrogen and oxygen atoms in total. The van der Waals surface area contributed by atoms with Gasteiger partial charge in [-0.3, -0.25) is 4.79 Å². The number of hydrogen-bond acceptors (Lipinski definition) is 3. The summed E-state index contributed by atoms with van der Waals surface area (Å²) in [6, 6.07) is 9.04. The molecule has 150 valence electrons. The minimum Gasteiger partial charge on any atom is -0.326 e. The van der Waals surface area contributed by atoms with E-state index in [0.717, 1.165) is 0 Å². The number of piperidine rings is 1. The standard InChI is InChI=1S/C18H16Cl4N2O3S/c19-12-3-5-15(21)17(8-12)28(26,27)24-7-1-2-11(10-24)18(25)23-13-4-6-14(20)16(22)9-13/h3-6,8-9,11H,1-2,7,10H2,(H,23,25)/t11-/m0/s1. The van der Waals surface area contributed by atoms with Crippen LogP contribution in [0.3, 0.4) is 0 Å². The molecule has 28 heavy (non-hydrogen) atoms. The molecule has 2 aromatic rings. The summed E-state index contributed by atoms with van der Waals surface area (Å²) in [5.41, 5.74) is 0.497. The Morgan fingerprint density at radius 2 is 1.71 bits per heavy atom. The molecule has 1 fully saturated rings. The van der Waals surface area contributed by atoms with Crippen molar-refractivity contribution in [1.29, 1.82) is 0 Å². The summed E-state index contributed by atoms with van der Waals surface area (Å²) >= 11 is 23.8. The Balaban J connectivity index is 1.76. The van der Waals surface area contributed by atoms with Crippen molar-refractivity contribution in [2.75, 3.05) is 18.4 Å². The Kier molecular flexibility index (Phi) is 6.80. The van der Waals surface area contributed by atoms with Crippen molar-refractivity contribution in [1.82, 2.24) is 4.31 Å². The van der Waals surface area contributed by atoms with E-state index in [4.69, 9.17) is 46.4 Å². The first-order chi connectivity index (χ1) is 13.2. The maximum Gasteiger partial charge on any atom is 0.244 e. The van der Waals surface area contributed by atoms with Gasteiger partial charge < -0.3 is 5.32 Å². The minimum atomic E-state index is -3.87. The Labute approximate surface area is 183 Å². The summed E-state index contributed by atoms with van der Waals surface area (Å²) < 4.78 is 27.2. The molecule has 0 saturated carbocycles. The topological polar surface area (TPSA) is 66.5 Å². The fourth-order valence-corrected chi connectivity index (χ4v) is 5.57. The third kappa shape index (κ3) is 4.75. The molecule has 1 saturated heterocycles. The molecular formula is C18H16Cl4N2O3S. The van der Waals surface area contributed by atoms with Gasteiger partial charge in [0.05, 0.1) is 21.0 Å². The molecule has 0 aromatic heterocycles. The first kappa shape index (κ1) is 21.7. The van der Waals surface area contributed by atoms with Crippen molar-refractivity contribution < 1.29 is 13.2 Å². The van der Waals surface area contributed by atoms with Crippen LogP contribution in [-0.4, -0.2) is 31.7 Å². The predicted octanol–water partition coefficient (Wildman–Crippen LogP) is 5.34. The van der Waals surface area contributed by atoms with Crippen molar-refractivity contribution in [3.8, 4) is 0 Å². The van der Waals surface area contributed by atoms with E-state index >= 15 is 0 Å². The van der Waals surface area contributed by atoms with Gasteiger partial charge in [-0.2, -0.15) is 4.31 Å². The second kappa shape index (κ2) is 8.78. The van der Waals surface area contributed by atoms with Crippen LogP contribution in [0.1, 0.15) is 12.8 Å². The highest BCUT2D eigenvalue weighted by Gasteiger charge is 2.34. The Bertz CT molecular complexity index is 1010. The number of carbonyl (C=O) groups excluding carboxylic acids is 1. The van der Waals surface area contributed by atoms with E-state index < -0.39 is 15.9 Å². The van der Waals surface area contributed by atoms with E-state index in [-0.39, 0.29) is 27.4 Å². The van der Waals surface area contributed by atoms with Crippen molar-refractivity contribution >= 4 is 68.0 Å². The van der Waals surface area contributed by atoms with Crippen LogP contribution >= 0.6 is 46.4 Å². The maximum absolute atomic E-state index is 13.0. The normalized spacial score (nSPS) is 18.1. The van der Waals surface area contributed by atoms with E-state index in [1.54, 1.807) is 18.2 Å². The van der Waals surface area contributed by atoms with Crippen LogP contribution < -0.4 is 5.32 Å². The number of benzene rings is 2. The Morgan fingerprint density at radius 3 is 2.43 bits per heavy atom. The number of rotatable bonds is 4. The van der Waals surface area contributed by atoms with Gasteiger partial charge in [-0.05, 0) is 49.2 Å². The smallest absolute Gasteiger partial charge is 0.244 e. The van der Waals surface area contributed by atoms with Crippen LogP contribution in [0.5, 0.6) is 0 Å². The Hall–Kier alpha value is -1.02. The molecule has 0 radical (unpaired) electrons. The third-order valence-electron chi connectivity index (χ3n) is 4.45. The predicted molar refractivity (Wildman–Crippen MR) is 113 cm³/mol. The average molecular weight is 482 g/mol. The first-order valence-corrected chi connectivity index (χ1v) is 11.3. The second-order valence-electron chi connectivity index (χ2n) is 6.40. The number of hydrogen-bond donors (Lipinski definition) is 1. The highest BCUT2D eigenvalue weighted by Crippen LogP contribution is 2.31. The van der Waals surface area contributed by atoms with Crippen LogP contribution in [0, 0.1) is 5.92 Å². The van der Waals surface area contributed by atoms with Gasteiger partial charge in [-0.15, -0.1) is 0 Å². The average Bonchev–Trinajstić information content (AvgIpc) is 2.66. The molecule has 1 amide bonds. The third-order valence-corrected chi connectivity index (χ3v) is 7.77. The van der Waals surface area contributed by atoms with Gasteiger partial charge in [-0.25, -0.2) is 8.42 Å². The summed E-state index contributed by atoms with van der Waals surface area (Å²) in [5.74, 6) is -0.786. The van der Waals surface area contributed by atoms with Gasteiger partial charge in [0.15, 0.2) is 0 Å². The molecule has 0 bridgehead atoms. The van der Waals surface area contributed by atoms with Crippen molar-refractivity contribution in [3.63, 3.8) is 0 Å². The summed E-state index contributed by atoms with van der Waals surface area (Å²) in [7, 11) is -3.87. The summed E-state index contributed by atoms with van der Waals surface area (Å²) in [6.45, 7) is 0.361. The Morgan fingerprint density at radius 1 is 1.00 bits per heavy atom. The monoisotopic (exact) mass is 480 g/mol. The first-order valence-electron chi connectivity index (χ1n) is 8.39. The van der Waals surface area contributed by atoms with Gasteiger partial charge in [0.25, 0.3) is 0 Å². The maximum atomic E-state index is 13.0. The van der Waals surface area contributed by atoms with E-state index in [2.05, 4.69) is 5.32 Å². The van der Waals surface area contributed by atoms with E-state index in [1.807, 2.05) is 0 Å². The molecule has 10 heteroatoms. The van der Waals surface area contributed by atoms with Crippen LogP contribution in [0.15, 0.2) is 41.3 Å². The number of nitrogens with zero attached hydrogens (tertiary/aromatic N) is 1. The lowest BCUT2D eigenvalue weighted by Crippen LogP contribution is -2.43. The lowest BCUT2D eigenvalue weighted by molar-refractivity contribution is -0.120. The van der Waals surface area contributed by atoms with Crippen LogP contribution in [0.2, 0.25) is 20.1 Å². The molecule has 3 rings (SSSR count). The number of nitrogens with one attached hydrogen (secondary N) is 1. The summed E-state index contributed by atoms with van der Waals surface area (Å²) in [4.78, 5) is 12.6. The van der Waals surface area contributed by atoms with Crippen LogP contribution in [-0.2, 0) is 14.8 Å². The molecule has 1 heterocycles. The summed E-state index contributed by atoms with van der Waals surface area (Å²) in [5, 5.41) is 3.83. The fraction of sp³-hybridized carbons (Fsp3) is 0.278. The molecule has 0 spiro atoms. The largest absolute Gasteiger partial charge is 0.326 e. The number of sulfonamides is 1. The zero-order valence-electron chi connectivity index (χ0n) is 14.5.